The Balaban J connectivity index is 1.24. The zero-order valence-corrected chi connectivity index (χ0v) is 26.2. The minimum atomic E-state index is 0.894. The second kappa shape index (κ2) is 11.7. The summed E-state index contributed by atoms with van der Waals surface area (Å²) >= 11 is 0. The van der Waals surface area contributed by atoms with Gasteiger partial charge in [-0.3, -0.25) is 4.57 Å². The molecule has 0 saturated heterocycles. The van der Waals surface area contributed by atoms with E-state index in [1.807, 2.05) is 6.20 Å². The number of imidazole rings is 1. The molecular formula is C45H31N3. The Kier molecular flexibility index (Phi) is 6.80. The summed E-state index contributed by atoms with van der Waals surface area (Å²) in [5, 5.41) is 2.52. The van der Waals surface area contributed by atoms with Gasteiger partial charge in [0, 0.05) is 45.5 Å². The van der Waals surface area contributed by atoms with Crippen LogP contribution in [0.3, 0.4) is 0 Å². The molecule has 2 heterocycles. The van der Waals surface area contributed by atoms with E-state index >= 15 is 0 Å². The molecule has 0 radical (unpaired) electrons. The number of fused-ring (bicyclic) bond motifs is 3. The number of hydrogen-bond acceptors (Lipinski definition) is 1. The number of benzene rings is 7. The molecule has 0 aliphatic heterocycles. The van der Waals surface area contributed by atoms with Crippen molar-refractivity contribution < 1.29 is 0 Å². The van der Waals surface area contributed by atoms with Crippen LogP contribution >= 0.6 is 0 Å². The third-order valence-electron chi connectivity index (χ3n) is 9.23. The molecule has 0 fully saturated rings. The van der Waals surface area contributed by atoms with Gasteiger partial charge >= 0.3 is 0 Å². The summed E-state index contributed by atoms with van der Waals surface area (Å²) in [4.78, 5) is 4.96. The zero-order valence-electron chi connectivity index (χ0n) is 26.2. The van der Waals surface area contributed by atoms with Crippen LogP contribution in [0.25, 0.3) is 77.9 Å². The molecule has 0 N–H and O–H groups in total. The van der Waals surface area contributed by atoms with E-state index in [9.17, 15) is 0 Å². The van der Waals surface area contributed by atoms with Gasteiger partial charge in [-0.25, -0.2) is 4.98 Å². The van der Waals surface area contributed by atoms with E-state index in [0.717, 1.165) is 45.0 Å². The fourth-order valence-corrected chi connectivity index (χ4v) is 7.02. The molecule has 2 aromatic heterocycles. The second-order valence-corrected chi connectivity index (χ2v) is 12.1. The van der Waals surface area contributed by atoms with Crippen LogP contribution in [0.15, 0.2) is 188 Å². The van der Waals surface area contributed by atoms with Crippen LogP contribution in [0.2, 0.25) is 0 Å². The molecule has 0 aliphatic carbocycles. The monoisotopic (exact) mass is 613 g/mol. The van der Waals surface area contributed by atoms with Gasteiger partial charge in [-0.2, -0.15) is 0 Å². The zero-order chi connectivity index (χ0) is 31.9. The SMILES string of the molecule is c1ccc(-c2cc(-c3ccccc3)c(-n3ccnc3-c3ccc(-n4c5ccccc5c5ccccc54)cc3)c(-c3ccccc3)c2)cc1. The van der Waals surface area contributed by atoms with E-state index in [-0.39, 0.29) is 0 Å². The van der Waals surface area contributed by atoms with Crippen molar-refractivity contribution >= 4 is 21.8 Å². The third kappa shape index (κ3) is 4.72. The second-order valence-electron chi connectivity index (χ2n) is 12.1. The van der Waals surface area contributed by atoms with Gasteiger partial charge < -0.3 is 4.57 Å². The van der Waals surface area contributed by atoms with Crippen molar-refractivity contribution in [2.45, 2.75) is 0 Å². The van der Waals surface area contributed by atoms with Gasteiger partial charge in [0.1, 0.15) is 5.82 Å². The summed E-state index contributed by atoms with van der Waals surface area (Å²) in [5.41, 5.74) is 12.6. The maximum absolute atomic E-state index is 4.96. The molecule has 0 aliphatic rings. The number of aromatic nitrogens is 3. The topological polar surface area (TPSA) is 22.8 Å². The van der Waals surface area contributed by atoms with Crippen LogP contribution in [0.4, 0.5) is 0 Å². The maximum Gasteiger partial charge on any atom is 0.144 e. The summed E-state index contributed by atoms with van der Waals surface area (Å²) in [5.74, 6) is 0.894. The highest BCUT2D eigenvalue weighted by atomic mass is 15.1. The standard InChI is InChI=1S/C45H31N3/c1-4-14-32(15-5-1)36-30-40(33-16-6-2-7-17-33)44(41(31-36)34-18-8-3-9-19-34)47-29-28-46-45(47)35-24-26-37(27-25-35)48-42-22-12-10-20-38(42)39-21-11-13-23-43(39)48/h1-31H. The highest BCUT2D eigenvalue weighted by Crippen LogP contribution is 2.41. The van der Waals surface area contributed by atoms with E-state index in [1.165, 1.54) is 32.9 Å². The molecule has 0 atom stereocenters. The van der Waals surface area contributed by atoms with E-state index in [2.05, 4.69) is 191 Å². The van der Waals surface area contributed by atoms with Crippen LogP contribution < -0.4 is 0 Å². The lowest BCUT2D eigenvalue weighted by atomic mass is 9.90. The molecule has 9 rings (SSSR count). The van der Waals surface area contributed by atoms with E-state index in [1.54, 1.807) is 0 Å². The predicted molar refractivity (Wildman–Crippen MR) is 200 cm³/mol. The van der Waals surface area contributed by atoms with Crippen molar-refractivity contribution in [1.29, 1.82) is 0 Å². The van der Waals surface area contributed by atoms with Gasteiger partial charge in [0.25, 0.3) is 0 Å². The predicted octanol–water partition coefficient (Wildman–Crippen LogP) is 11.6. The highest BCUT2D eigenvalue weighted by molar-refractivity contribution is 6.09. The summed E-state index contributed by atoms with van der Waals surface area (Å²) in [6, 6.07) is 62.7. The lowest BCUT2D eigenvalue weighted by molar-refractivity contribution is 1.07. The van der Waals surface area contributed by atoms with Crippen LogP contribution in [0.5, 0.6) is 0 Å². The first-order valence-corrected chi connectivity index (χ1v) is 16.3. The normalized spacial score (nSPS) is 11.3. The van der Waals surface area contributed by atoms with Gasteiger partial charge in [0.2, 0.25) is 0 Å². The first-order valence-electron chi connectivity index (χ1n) is 16.3. The number of nitrogens with zero attached hydrogens (tertiary/aromatic N) is 3. The number of para-hydroxylation sites is 2. The first-order chi connectivity index (χ1) is 23.8. The van der Waals surface area contributed by atoms with Gasteiger partial charge in [0.15, 0.2) is 0 Å². The smallest absolute Gasteiger partial charge is 0.144 e. The molecule has 7 aromatic carbocycles. The summed E-state index contributed by atoms with van der Waals surface area (Å²) in [6.45, 7) is 0. The van der Waals surface area contributed by atoms with Crippen LogP contribution in [0, 0.1) is 0 Å². The first kappa shape index (κ1) is 27.8. The average molecular weight is 614 g/mol. The van der Waals surface area contributed by atoms with Crippen molar-refractivity contribution in [3.8, 4) is 56.1 Å². The fourth-order valence-electron chi connectivity index (χ4n) is 7.02. The van der Waals surface area contributed by atoms with Gasteiger partial charge in [-0.15, -0.1) is 0 Å². The Bertz CT molecular complexity index is 2410. The number of rotatable bonds is 6. The molecule has 9 aromatic rings. The summed E-state index contributed by atoms with van der Waals surface area (Å²) in [6.07, 6.45) is 4.00. The highest BCUT2D eigenvalue weighted by Gasteiger charge is 2.20. The van der Waals surface area contributed by atoms with E-state index < -0.39 is 0 Å². The van der Waals surface area contributed by atoms with Gasteiger partial charge in [0.05, 0.1) is 16.7 Å². The third-order valence-corrected chi connectivity index (χ3v) is 9.23. The minimum Gasteiger partial charge on any atom is -0.309 e. The Morgan fingerprint density at radius 3 is 1.42 bits per heavy atom. The molecule has 3 heteroatoms. The van der Waals surface area contributed by atoms with Crippen molar-refractivity contribution in [3.63, 3.8) is 0 Å². The van der Waals surface area contributed by atoms with E-state index in [0.29, 0.717) is 0 Å². The molecule has 0 amide bonds. The molecule has 0 spiro atoms. The average Bonchev–Trinajstić information content (AvgIpc) is 3.79. The summed E-state index contributed by atoms with van der Waals surface area (Å²) in [7, 11) is 0. The Morgan fingerprint density at radius 2 is 0.875 bits per heavy atom. The van der Waals surface area contributed by atoms with Gasteiger partial charge in [-0.1, -0.05) is 127 Å². The Morgan fingerprint density at radius 1 is 0.396 bits per heavy atom. The van der Waals surface area contributed by atoms with Gasteiger partial charge in [-0.05, 0) is 70.8 Å². The van der Waals surface area contributed by atoms with Crippen LogP contribution in [0.1, 0.15) is 0 Å². The van der Waals surface area contributed by atoms with E-state index in [4.69, 9.17) is 4.98 Å². The molecule has 3 nitrogen and oxygen atoms in total. The molecular weight excluding hydrogens is 583 g/mol. The molecule has 226 valence electrons. The maximum atomic E-state index is 4.96. The fraction of sp³-hybridized carbons (Fsp3) is 0. The minimum absolute atomic E-state index is 0.894. The van der Waals surface area contributed by atoms with Crippen LogP contribution in [-0.2, 0) is 0 Å². The largest absolute Gasteiger partial charge is 0.309 e. The lowest BCUT2D eigenvalue weighted by Crippen LogP contribution is -2.03. The molecule has 0 saturated carbocycles. The Hall–Kier alpha value is -6.45. The van der Waals surface area contributed by atoms with Crippen molar-refractivity contribution in [2.24, 2.45) is 0 Å². The summed E-state index contributed by atoms with van der Waals surface area (Å²) < 4.78 is 4.61. The molecule has 0 unspecified atom stereocenters. The lowest BCUT2D eigenvalue weighted by Gasteiger charge is -2.21. The quantitative estimate of drug-likeness (QED) is 0.183. The van der Waals surface area contributed by atoms with Crippen molar-refractivity contribution in [3.05, 3.63) is 188 Å². The van der Waals surface area contributed by atoms with Crippen molar-refractivity contribution in [2.75, 3.05) is 0 Å². The van der Waals surface area contributed by atoms with Crippen LogP contribution in [-0.4, -0.2) is 14.1 Å². The Labute approximate surface area is 279 Å². The number of hydrogen-bond donors (Lipinski definition) is 0. The molecule has 0 bridgehead atoms. The molecule has 48 heavy (non-hydrogen) atoms. The van der Waals surface area contributed by atoms with Crippen molar-refractivity contribution in [1.82, 2.24) is 14.1 Å².